The number of carbonyl (C=O) groups excluding carboxylic acids is 1. The number of imidazole rings is 1. The molecule has 11 heteroatoms. The first-order chi connectivity index (χ1) is 15.3. The van der Waals surface area contributed by atoms with Gasteiger partial charge in [0.05, 0.1) is 24.6 Å². The van der Waals surface area contributed by atoms with Crippen molar-refractivity contribution < 1.29 is 27.4 Å². The molecular weight excluding hydrogens is 427 g/mol. The van der Waals surface area contributed by atoms with Gasteiger partial charge < -0.3 is 14.0 Å². The summed E-state index contributed by atoms with van der Waals surface area (Å²) in [5.74, 6) is 1.05. The fourth-order valence-corrected chi connectivity index (χ4v) is 4.06. The molecule has 1 fully saturated rings. The van der Waals surface area contributed by atoms with Crippen molar-refractivity contribution in [2.45, 2.75) is 38.5 Å². The molecule has 1 aliphatic heterocycles. The molecule has 0 saturated heterocycles. The van der Waals surface area contributed by atoms with E-state index in [2.05, 4.69) is 15.1 Å². The van der Waals surface area contributed by atoms with Crippen molar-refractivity contribution in [2.75, 3.05) is 13.2 Å². The number of ether oxygens (including phenoxy) is 2. The lowest BCUT2D eigenvalue weighted by molar-refractivity contribution is -0.145. The molecular formula is C21H20F3N5O3. The minimum Gasteiger partial charge on any atom is -0.491 e. The standard InChI is InChI=1S/C21H20F3N5O3/c1-2-31-20(30)15-8-14(15)12-3-4-13-17(7-12)32-6-5-28-9-16(27-18(13)28)19-25-11-26-29(19)10-21(22,23)24/h3-4,7,9,11,14-15H,2,5-6,8,10H2,1H3/t14-,15+/m0/s1. The van der Waals surface area contributed by atoms with Crippen LogP contribution in [-0.2, 0) is 22.6 Å². The Bertz CT molecular complexity index is 1170. The van der Waals surface area contributed by atoms with Crippen LogP contribution in [0.5, 0.6) is 5.75 Å². The Labute approximate surface area is 181 Å². The summed E-state index contributed by atoms with van der Waals surface area (Å²) in [7, 11) is 0. The highest BCUT2D eigenvalue weighted by atomic mass is 19.4. The number of fused-ring (bicyclic) bond motifs is 3. The molecule has 0 amide bonds. The van der Waals surface area contributed by atoms with Crippen molar-refractivity contribution in [2.24, 2.45) is 5.92 Å². The van der Waals surface area contributed by atoms with Gasteiger partial charge in [-0.05, 0) is 37.0 Å². The SMILES string of the molecule is CCOC(=O)[C@@H]1C[C@H]1c1ccc2c(c1)OCCn1cc(-c3ncnn3CC(F)(F)F)nc1-2. The fraction of sp³-hybridized carbons (Fsp3) is 0.429. The molecule has 0 radical (unpaired) electrons. The number of hydrogen-bond acceptors (Lipinski definition) is 6. The number of alkyl halides is 3. The van der Waals surface area contributed by atoms with Gasteiger partial charge in [0.1, 0.15) is 36.7 Å². The van der Waals surface area contributed by atoms with E-state index in [1.807, 2.05) is 22.8 Å². The van der Waals surface area contributed by atoms with Gasteiger partial charge in [-0.15, -0.1) is 0 Å². The summed E-state index contributed by atoms with van der Waals surface area (Å²) in [6.07, 6.45) is -0.924. The summed E-state index contributed by atoms with van der Waals surface area (Å²) in [5.41, 5.74) is 2.03. The summed E-state index contributed by atoms with van der Waals surface area (Å²) in [5, 5.41) is 3.69. The average Bonchev–Trinajstić information content (AvgIpc) is 3.30. The molecule has 2 atom stereocenters. The molecule has 0 bridgehead atoms. The third-order valence-corrected chi connectivity index (χ3v) is 5.59. The number of rotatable bonds is 5. The number of hydrogen-bond donors (Lipinski definition) is 0. The van der Waals surface area contributed by atoms with E-state index >= 15 is 0 Å². The molecule has 8 nitrogen and oxygen atoms in total. The maximum absolute atomic E-state index is 12.9. The molecule has 0 unspecified atom stereocenters. The Morgan fingerprint density at radius 1 is 1.31 bits per heavy atom. The molecule has 32 heavy (non-hydrogen) atoms. The van der Waals surface area contributed by atoms with Crippen molar-refractivity contribution in [3.63, 3.8) is 0 Å². The molecule has 0 spiro atoms. The van der Waals surface area contributed by atoms with Crippen LogP contribution in [0.3, 0.4) is 0 Å². The van der Waals surface area contributed by atoms with Gasteiger partial charge in [0.15, 0.2) is 5.82 Å². The van der Waals surface area contributed by atoms with Crippen molar-refractivity contribution in [3.8, 4) is 28.7 Å². The van der Waals surface area contributed by atoms with E-state index in [1.54, 1.807) is 13.1 Å². The molecule has 1 aliphatic carbocycles. The van der Waals surface area contributed by atoms with Gasteiger partial charge in [0.2, 0.25) is 0 Å². The molecule has 3 aromatic rings. The van der Waals surface area contributed by atoms with Crippen LogP contribution in [0, 0.1) is 5.92 Å². The quantitative estimate of drug-likeness (QED) is 0.558. The van der Waals surface area contributed by atoms with Crippen molar-refractivity contribution in [1.29, 1.82) is 0 Å². The number of halogens is 3. The van der Waals surface area contributed by atoms with Gasteiger partial charge in [-0.1, -0.05) is 6.07 Å². The van der Waals surface area contributed by atoms with E-state index in [0.717, 1.165) is 28.6 Å². The molecule has 1 aromatic carbocycles. The summed E-state index contributed by atoms with van der Waals surface area (Å²) in [6, 6.07) is 5.72. The first-order valence-electron chi connectivity index (χ1n) is 10.3. The normalized spacial score (nSPS) is 19.5. The van der Waals surface area contributed by atoms with Crippen molar-refractivity contribution in [3.05, 3.63) is 36.3 Å². The lowest BCUT2D eigenvalue weighted by Gasteiger charge is -2.09. The van der Waals surface area contributed by atoms with Gasteiger partial charge in [0.25, 0.3) is 0 Å². The summed E-state index contributed by atoms with van der Waals surface area (Å²) < 4.78 is 52.2. The third-order valence-electron chi connectivity index (χ3n) is 5.59. The number of carbonyl (C=O) groups is 1. The van der Waals surface area contributed by atoms with Gasteiger partial charge >= 0.3 is 12.1 Å². The van der Waals surface area contributed by atoms with E-state index in [4.69, 9.17) is 9.47 Å². The predicted molar refractivity (Wildman–Crippen MR) is 106 cm³/mol. The van der Waals surface area contributed by atoms with Crippen LogP contribution in [0.2, 0.25) is 0 Å². The highest BCUT2D eigenvalue weighted by Gasteiger charge is 2.45. The average molecular weight is 447 g/mol. The lowest BCUT2D eigenvalue weighted by Crippen LogP contribution is -2.19. The molecule has 2 aromatic heterocycles. The fourth-order valence-electron chi connectivity index (χ4n) is 4.06. The Morgan fingerprint density at radius 2 is 2.16 bits per heavy atom. The van der Waals surface area contributed by atoms with Crippen LogP contribution < -0.4 is 4.74 Å². The van der Waals surface area contributed by atoms with Gasteiger partial charge in [-0.2, -0.15) is 18.3 Å². The largest absolute Gasteiger partial charge is 0.491 e. The maximum Gasteiger partial charge on any atom is 0.408 e. The predicted octanol–water partition coefficient (Wildman–Crippen LogP) is 3.43. The van der Waals surface area contributed by atoms with E-state index in [-0.39, 0.29) is 23.6 Å². The van der Waals surface area contributed by atoms with Crippen molar-refractivity contribution >= 4 is 5.97 Å². The monoisotopic (exact) mass is 447 g/mol. The van der Waals surface area contributed by atoms with Crippen LogP contribution in [-0.4, -0.2) is 49.7 Å². The summed E-state index contributed by atoms with van der Waals surface area (Å²) in [6.45, 7) is 1.76. The zero-order valence-corrected chi connectivity index (χ0v) is 17.2. The van der Waals surface area contributed by atoms with Crippen LogP contribution in [0.15, 0.2) is 30.7 Å². The summed E-state index contributed by atoms with van der Waals surface area (Å²) >= 11 is 0. The first-order valence-corrected chi connectivity index (χ1v) is 10.3. The van der Waals surface area contributed by atoms with E-state index in [9.17, 15) is 18.0 Å². The molecule has 0 N–H and O–H groups in total. The second-order valence-electron chi connectivity index (χ2n) is 7.80. The Balaban J connectivity index is 1.45. The molecule has 2 aliphatic rings. The zero-order chi connectivity index (χ0) is 22.5. The number of aromatic nitrogens is 5. The third kappa shape index (κ3) is 3.82. The maximum atomic E-state index is 12.9. The van der Waals surface area contributed by atoms with Crippen LogP contribution in [0.4, 0.5) is 13.2 Å². The highest BCUT2D eigenvalue weighted by Crippen LogP contribution is 2.50. The van der Waals surface area contributed by atoms with Gasteiger partial charge in [0, 0.05) is 6.20 Å². The lowest BCUT2D eigenvalue weighted by atomic mass is 10.0. The molecule has 5 rings (SSSR count). The van der Waals surface area contributed by atoms with Crippen LogP contribution in [0.25, 0.3) is 22.9 Å². The van der Waals surface area contributed by atoms with Gasteiger partial charge in [-0.3, -0.25) is 4.79 Å². The van der Waals surface area contributed by atoms with E-state index < -0.39 is 12.7 Å². The Hall–Kier alpha value is -3.37. The van der Waals surface area contributed by atoms with Crippen LogP contribution in [0.1, 0.15) is 24.8 Å². The van der Waals surface area contributed by atoms with E-state index in [0.29, 0.717) is 37.0 Å². The number of esters is 1. The van der Waals surface area contributed by atoms with E-state index in [1.165, 1.54) is 0 Å². The number of benzene rings is 1. The summed E-state index contributed by atoms with van der Waals surface area (Å²) in [4.78, 5) is 20.5. The second-order valence-corrected chi connectivity index (χ2v) is 7.80. The zero-order valence-electron chi connectivity index (χ0n) is 17.2. The number of nitrogens with zero attached hydrogens (tertiary/aromatic N) is 5. The Morgan fingerprint density at radius 3 is 2.94 bits per heavy atom. The minimum absolute atomic E-state index is 0.0530. The minimum atomic E-state index is -4.42. The molecule has 3 heterocycles. The highest BCUT2D eigenvalue weighted by molar-refractivity contribution is 5.78. The van der Waals surface area contributed by atoms with Gasteiger partial charge in [-0.25, -0.2) is 14.6 Å². The smallest absolute Gasteiger partial charge is 0.408 e. The Kier molecular flexibility index (Phi) is 4.90. The topological polar surface area (TPSA) is 84.1 Å². The molecule has 168 valence electrons. The second kappa shape index (κ2) is 7.64. The first kappa shape index (κ1) is 20.5. The van der Waals surface area contributed by atoms with Crippen molar-refractivity contribution in [1.82, 2.24) is 24.3 Å². The van der Waals surface area contributed by atoms with Crippen LogP contribution >= 0.6 is 0 Å². The molecule has 1 saturated carbocycles.